The molecule has 1 heterocycles. The van der Waals surface area contributed by atoms with Gasteiger partial charge < -0.3 is 14.5 Å². The topological polar surface area (TPSA) is 76.1 Å². The van der Waals surface area contributed by atoms with Crippen LogP contribution in [0.5, 0.6) is 5.75 Å². The number of fused-ring (bicyclic) bond motifs is 1. The van der Waals surface area contributed by atoms with Crippen molar-refractivity contribution in [2.24, 2.45) is 0 Å². The van der Waals surface area contributed by atoms with Crippen LogP contribution in [0.4, 0.5) is 5.69 Å². The number of likely N-dealkylation sites (N-methyl/N-ethyl adjacent to an activating group) is 1. The summed E-state index contributed by atoms with van der Waals surface area (Å²) in [7, 11) is -0.694. The molecular weight excluding hydrogens is 281 g/mol. The van der Waals surface area contributed by atoms with Gasteiger partial charge in [-0.3, -0.25) is 13.9 Å². The fourth-order valence-corrected chi connectivity index (χ4v) is 3.18. The van der Waals surface area contributed by atoms with Crippen molar-refractivity contribution in [3.8, 4) is 5.75 Å². The van der Waals surface area contributed by atoms with E-state index in [2.05, 4.69) is 0 Å². The van der Waals surface area contributed by atoms with E-state index in [1.807, 2.05) is 0 Å². The minimum Gasteiger partial charge on any atom is -0.497 e. The molecule has 1 N–H and O–H groups in total. The molecule has 2 atom stereocenters. The molecule has 0 aromatic heterocycles. The highest BCUT2D eigenvalue weighted by Crippen LogP contribution is 2.53. The van der Waals surface area contributed by atoms with Crippen LogP contribution in [-0.2, 0) is 19.5 Å². The van der Waals surface area contributed by atoms with E-state index in [1.54, 1.807) is 32.2 Å². The van der Waals surface area contributed by atoms with Crippen molar-refractivity contribution < 1.29 is 23.5 Å². The highest BCUT2D eigenvalue weighted by atomic mass is 31.2. The number of hydrogen-bond acceptors (Lipinski definition) is 4. The summed E-state index contributed by atoms with van der Waals surface area (Å²) in [6.45, 7) is 3.05. The van der Waals surface area contributed by atoms with Gasteiger partial charge in [0, 0.05) is 18.8 Å². The van der Waals surface area contributed by atoms with E-state index >= 15 is 0 Å². The third-order valence-corrected chi connectivity index (χ3v) is 4.97. The molecule has 1 aromatic carbocycles. The Bertz CT molecular complexity index is 602. The van der Waals surface area contributed by atoms with Crippen molar-refractivity contribution >= 4 is 19.2 Å². The normalized spacial score (nSPS) is 24.4. The molecule has 0 radical (unpaired) electrons. The first-order chi connectivity index (χ1) is 9.25. The Morgan fingerprint density at radius 3 is 2.65 bits per heavy atom. The van der Waals surface area contributed by atoms with Gasteiger partial charge in [0.2, 0.25) is 0 Å². The average Bonchev–Trinajstić information content (AvgIpc) is 2.60. The van der Waals surface area contributed by atoms with Gasteiger partial charge in [0.15, 0.2) is 5.60 Å². The van der Waals surface area contributed by atoms with Gasteiger partial charge in [0.05, 0.1) is 12.8 Å². The largest absolute Gasteiger partial charge is 0.497 e. The first kappa shape index (κ1) is 15.0. The van der Waals surface area contributed by atoms with Crippen LogP contribution in [-0.4, -0.2) is 31.1 Å². The quantitative estimate of drug-likeness (QED) is 0.862. The second-order valence-corrected chi connectivity index (χ2v) is 6.92. The van der Waals surface area contributed by atoms with E-state index in [-0.39, 0.29) is 12.1 Å². The fourth-order valence-electron chi connectivity index (χ4n) is 2.30. The molecule has 110 valence electrons. The van der Waals surface area contributed by atoms with Gasteiger partial charge in [-0.15, -0.1) is 0 Å². The second kappa shape index (κ2) is 4.88. The molecule has 1 aliphatic heterocycles. The lowest BCUT2D eigenvalue weighted by molar-refractivity contribution is -0.132. The zero-order valence-electron chi connectivity index (χ0n) is 11.9. The number of methoxy groups -OCH3 is 1. The predicted molar refractivity (Wildman–Crippen MR) is 75.2 cm³/mol. The van der Waals surface area contributed by atoms with E-state index < -0.39 is 13.2 Å². The Kier molecular flexibility index (Phi) is 3.67. The van der Waals surface area contributed by atoms with Crippen LogP contribution in [0.1, 0.15) is 19.4 Å². The second-order valence-electron chi connectivity index (χ2n) is 4.83. The van der Waals surface area contributed by atoms with Gasteiger partial charge in [-0.05, 0) is 25.1 Å². The number of hydrogen-bond donors (Lipinski definition) is 1. The van der Waals surface area contributed by atoms with Gasteiger partial charge in [0.25, 0.3) is 5.91 Å². The Labute approximate surface area is 117 Å². The number of benzene rings is 1. The monoisotopic (exact) mass is 299 g/mol. The molecular formula is C13H18NO5P. The van der Waals surface area contributed by atoms with Crippen molar-refractivity contribution in [3.05, 3.63) is 23.8 Å². The summed E-state index contributed by atoms with van der Waals surface area (Å²) in [5, 5.41) is 0. The van der Waals surface area contributed by atoms with Gasteiger partial charge in [-0.1, -0.05) is 6.92 Å². The van der Waals surface area contributed by atoms with E-state index in [9.17, 15) is 14.3 Å². The van der Waals surface area contributed by atoms with E-state index in [1.165, 1.54) is 18.9 Å². The summed E-state index contributed by atoms with van der Waals surface area (Å²) in [6, 6.07) is 5.12. The van der Waals surface area contributed by atoms with Crippen molar-refractivity contribution in [3.63, 3.8) is 0 Å². The number of carbonyl (C=O) groups excluding carboxylic acids is 1. The molecule has 0 saturated heterocycles. The van der Waals surface area contributed by atoms with E-state index in [4.69, 9.17) is 9.26 Å². The summed E-state index contributed by atoms with van der Waals surface area (Å²) < 4.78 is 22.3. The molecule has 0 fully saturated rings. The lowest BCUT2D eigenvalue weighted by Gasteiger charge is -2.26. The van der Waals surface area contributed by atoms with Crippen LogP contribution in [0, 0.1) is 0 Å². The first-order valence-corrected chi connectivity index (χ1v) is 8.00. The number of anilines is 1. The van der Waals surface area contributed by atoms with E-state index in [0.717, 1.165) is 0 Å². The maximum absolute atomic E-state index is 12.4. The molecule has 0 saturated carbocycles. The summed E-state index contributed by atoms with van der Waals surface area (Å²) in [5.41, 5.74) is -0.291. The third kappa shape index (κ3) is 2.24. The summed E-state index contributed by atoms with van der Waals surface area (Å²) in [4.78, 5) is 23.6. The van der Waals surface area contributed by atoms with Gasteiger partial charge in [-0.25, -0.2) is 0 Å². The highest BCUT2D eigenvalue weighted by Gasteiger charge is 2.50. The molecule has 0 aliphatic carbocycles. The maximum atomic E-state index is 12.4. The molecule has 6 nitrogen and oxygen atoms in total. The minimum atomic E-state index is -3.82. The van der Waals surface area contributed by atoms with Gasteiger partial charge >= 0.3 is 7.60 Å². The van der Waals surface area contributed by atoms with Crippen LogP contribution in [0.15, 0.2) is 18.2 Å². The average molecular weight is 299 g/mol. The Balaban J connectivity index is 2.55. The number of rotatable bonds is 4. The molecule has 1 aliphatic rings. The van der Waals surface area contributed by atoms with Crippen LogP contribution >= 0.6 is 7.60 Å². The van der Waals surface area contributed by atoms with Crippen LogP contribution < -0.4 is 9.64 Å². The summed E-state index contributed by atoms with van der Waals surface area (Å²) in [6.07, 6.45) is -0.0567. The number of amides is 1. The van der Waals surface area contributed by atoms with Gasteiger partial charge in [0.1, 0.15) is 5.75 Å². The molecule has 0 spiro atoms. The van der Waals surface area contributed by atoms with Crippen molar-refractivity contribution in [1.82, 2.24) is 0 Å². The van der Waals surface area contributed by atoms with Crippen molar-refractivity contribution in [1.29, 1.82) is 0 Å². The minimum absolute atomic E-state index is 0.0567. The zero-order valence-corrected chi connectivity index (χ0v) is 12.8. The smallest absolute Gasteiger partial charge is 0.329 e. The summed E-state index contributed by atoms with van der Waals surface area (Å²) >= 11 is 0. The van der Waals surface area contributed by atoms with Crippen molar-refractivity contribution in [2.75, 3.05) is 25.2 Å². The molecule has 1 amide bonds. The SMILES string of the molecule is CCP(=O)(O)OC1(C)C(=O)N(C)c2ccc(OC)cc21. The van der Waals surface area contributed by atoms with E-state index in [0.29, 0.717) is 17.0 Å². The zero-order chi connectivity index (χ0) is 15.1. The molecule has 20 heavy (non-hydrogen) atoms. The predicted octanol–water partition coefficient (Wildman–Crippen LogP) is 2.11. The standard InChI is InChI=1S/C13H18NO5P/c1-5-20(16,17)19-13(2)10-8-9(18-4)6-7-11(10)14(3)12(13)15/h6-8H,5H2,1-4H3,(H,16,17). The first-order valence-electron chi connectivity index (χ1n) is 6.24. The number of carbonyl (C=O) groups is 1. The number of ether oxygens (including phenoxy) is 1. The Hall–Kier alpha value is -1.36. The highest BCUT2D eigenvalue weighted by molar-refractivity contribution is 7.52. The lowest BCUT2D eigenvalue weighted by atomic mass is 9.98. The Morgan fingerprint density at radius 2 is 2.10 bits per heavy atom. The molecule has 0 bridgehead atoms. The van der Waals surface area contributed by atoms with Crippen molar-refractivity contribution in [2.45, 2.75) is 19.4 Å². The lowest BCUT2D eigenvalue weighted by Crippen LogP contribution is -2.37. The summed E-state index contributed by atoms with van der Waals surface area (Å²) in [5.74, 6) is 0.189. The molecule has 2 rings (SSSR count). The fraction of sp³-hybridized carbons (Fsp3) is 0.462. The molecule has 2 unspecified atom stereocenters. The Morgan fingerprint density at radius 1 is 1.45 bits per heavy atom. The van der Waals surface area contributed by atoms with Gasteiger partial charge in [-0.2, -0.15) is 0 Å². The van der Waals surface area contributed by atoms with Crippen LogP contribution in [0.25, 0.3) is 0 Å². The maximum Gasteiger partial charge on any atom is 0.329 e. The molecule has 1 aromatic rings. The molecule has 7 heteroatoms. The third-order valence-electron chi connectivity index (χ3n) is 3.52. The van der Waals surface area contributed by atoms with Crippen LogP contribution in [0.2, 0.25) is 0 Å². The van der Waals surface area contributed by atoms with Crippen LogP contribution in [0.3, 0.4) is 0 Å². The number of nitrogens with zero attached hydrogens (tertiary/aromatic N) is 1.